The van der Waals surface area contributed by atoms with Gasteiger partial charge in [-0.25, -0.2) is 0 Å². The molecule has 2 atom stereocenters. The molecule has 1 aromatic rings. The standard InChI is InChI=1S/C13H19NO2/c1-10(15-2)7-14-13-9-16-8-11-5-3-4-6-12(11)13/h3-6,10,13-14H,7-9H2,1-2H3. The number of hydrogen-bond donors (Lipinski definition) is 1. The van der Waals surface area contributed by atoms with Crippen molar-refractivity contribution in [2.75, 3.05) is 20.3 Å². The molecule has 1 heterocycles. The zero-order valence-electron chi connectivity index (χ0n) is 9.90. The van der Waals surface area contributed by atoms with Crippen LogP contribution in [-0.4, -0.2) is 26.4 Å². The minimum Gasteiger partial charge on any atom is -0.380 e. The fraction of sp³-hybridized carbons (Fsp3) is 0.538. The van der Waals surface area contributed by atoms with Gasteiger partial charge in [-0.15, -0.1) is 0 Å². The second kappa shape index (κ2) is 5.43. The number of rotatable bonds is 4. The van der Waals surface area contributed by atoms with Gasteiger partial charge in [0, 0.05) is 13.7 Å². The minimum atomic E-state index is 0.231. The Bertz CT molecular complexity index is 340. The molecule has 0 saturated carbocycles. The minimum absolute atomic E-state index is 0.231. The van der Waals surface area contributed by atoms with Gasteiger partial charge in [-0.05, 0) is 18.1 Å². The zero-order chi connectivity index (χ0) is 11.4. The van der Waals surface area contributed by atoms with Crippen LogP contribution in [0, 0.1) is 0 Å². The van der Waals surface area contributed by atoms with Crippen LogP contribution in [0.5, 0.6) is 0 Å². The van der Waals surface area contributed by atoms with Crippen molar-refractivity contribution >= 4 is 0 Å². The number of nitrogens with one attached hydrogen (secondary N) is 1. The first kappa shape index (κ1) is 11.6. The number of fused-ring (bicyclic) bond motifs is 1. The smallest absolute Gasteiger partial charge is 0.0721 e. The van der Waals surface area contributed by atoms with Gasteiger partial charge < -0.3 is 14.8 Å². The van der Waals surface area contributed by atoms with Crippen LogP contribution in [0.3, 0.4) is 0 Å². The molecule has 3 heteroatoms. The third-order valence-corrected chi connectivity index (χ3v) is 3.03. The van der Waals surface area contributed by atoms with E-state index in [0.29, 0.717) is 6.04 Å². The molecule has 0 aliphatic carbocycles. The average Bonchev–Trinajstić information content (AvgIpc) is 2.35. The van der Waals surface area contributed by atoms with Crippen molar-refractivity contribution < 1.29 is 9.47 Å². The lowest BCUT2D eigenvalue weighted by atomic mass is 9.99. The van der Waals surface area contributed by atoms with E-state index in [1.54, 1.807) is 7.11 Å². The molecule has 2 rings (SSSR count). The fourth-order valence-electron chi connectivity index (χ4n) is 1.94. The molecule has 1 aliphatic rings. The first-order valence-corrected chi connectivity index (χ1v) is 5.73. The van der Waals surface area contributed by atoms with Crippen molar-refractivity contribution in [1.82, 2.24) is 5.32 Å². The average molecular weight is 221 g/mol. The van der Waals surface area contributed by atoms with Gasteiger partial charge >= 0.3 is 0 Å². The van der Waals surface area contributed by atoms with E-state index >= 15 is 0 Å². The summed E-state index contributed by atoms with van der Waals surface area (Å²) in [5.74, 6) is 0. The normalized spacial score (nSPS) is 21.5. The summed E-state index contributed by atoms with van der Waals surface area (Å²) in [6.07, 6.45) is 0.231. The van der Waals surface area contributed by atoms with E-state index in [-0.39, 0.29) is 6.10 Å². The van der Waals surface area contributed by atoms with E-state index in [1.165, 1.54) is 11.1 Å². The van der Waals surface area contributed by atoms with E-state index in [4.69, 9.17) is 9.47 Å². The Morgan fingerprint density at radius 1 is 1.50 bits per heavy atom. The van der Waals surface area contributed by atoms with Gasteiger partial charge in [0.2, 0.25) is 0 Å². The van der Waals surface area contributed by atoms with Crippen LogP contribution in [-0.2, 0) is 16.1 Å². The Balaban J connectivity index is 2.01. The predicted octanol–water partition coefficient (Wildman–Crippen LogP) is 1.88. The van der Waals surface area contributed by atoms with Crippen molar-refractivity contribution in [1.29, 1.82) is 0 Å². The highest BCUT2D eigenvalue weighted by Crippen LogP contribution is 2.24. The van der Waals surface area contributed by atoms with Gasteiger partial charge in [-0.2, -0.15) is 0 Å². The maximum absolute atomic E-state index is 5.57. The van der Waals surface area contributed by atoms with E-state index in [0.717, 1.165) is 19.8 Å². The monoisotopic (exact) mass is 221 g/mol. The van der Waals surface area contributed by atoms with Crippen LogP contribution in [0.25, 0.3) is 0 Å². The van der Waals surface area contributed by atoms with Crippen molar-refractivity contribution in [3.05, 3.63) is 35.4 Å². The maximum atomic E-state index is 5.57. The van der Waals surface area contributed by atoms with Crippen LogP contribution in [0.15, 0.2) is 24.3 Å². The SMILES string of the molecule is COC(C)CNC1COCc2ccccc21. The molecule has 2 unspecified atom stereocenters. The molecule has 1 aliphatic heterocycles. The Hall–Kier alpha value is -0.900. The van der Waals surface area contributed by atoms with Crippen LogP contribution >= 0.6 is 0 Å². The second-order valence-electron chi connectivity index (χ2n) is 4.22. The zero-order valence-corrected chi connectivity index (χ0v) is 9.90. The summed E-state index contributed by atoms with van der Waals surface area (Å²) >= 11 is 0. The lowest BCUT2D eigenvalue weighted by Crippen LogP contribution is -2.34. The van der Waals surface area contributed by atoms with Gasteiger partial charge in [0.05, 0.1) is 25.4 Å². The molecular formula is C13H19NO2. The van der Waals surface area contributed by atoms with Crippen LogP contribution in [0.2, 0.25) is 0 Å². The Morgan fingerprint density at radius 2 is 2.31 bits per heavy atom. The molecule has 16 heavy (non-hydrogen) atoms. The molecule has 0 amide bonds. The molecule has 1 aromatic carbocycles. The molecule has 0 bridgehead atoms. The molecule has 3 nitrogen and oxygen atoms in total. The summed E-state index contributed by atoms with van der Waals surface area (Å²) in [7, 11) is 1.73. The quantitative estimate of drug-likeness (QED) is 0.842. The number of hydrogen-bond acceptors (Lipinski definition) is 3. The lowest BCUT2D eigenvalue weighted by molar-refractivity contribution is 0.0698. The number of benzene rings is 1. The summed E-state index contributed by atoms with van der Waals surface area (Å²) < 4.78 is 10.8. The maximum Gasteiger partial charge on any atom is 0.0721 e. The van der Waals surface area contributed by atoms with Gasteiger partial charge in [0.1, 0.15) is 0 Å². The third-order valence-electron chi connectivity index (χ3n) is 3.03. The van der Waals surface area contributed by atoms with E-state index in [2.05, 4.69) is 36.5 Å². The summed E-state index contributed by atoms with van der Waals surface area (Å²) in [6, 6.07) is 8.74. The molecular weight excluding hydrogens is 202 g/mol. The van der Waals surface area contributed by atoms with Crippen molar-refractivity contribution in [2.24, 2.45) is 0 Å². The first-order valence-electron chi connectivity index (χ1n) is 5.73. The summed E-state index contributed by atoms with van der Waals surface area (Å²) in [5, 5.41) is 3.48. The topological polar surface area (TPSA) is 30.5 Å². The van der Waals surface area contributed by atoms with E-state index < -0.39 is 0 Å². The van der Waals surface area contributed by atoms with Crippen molar-refractivity contribution in [3.8, 4) is 0 Å². The Morgan fingerprint density at radius 3 is 3.12 bits per heavy atom. The van der Waals surface area contributed by atoms with Gasteiger partial charge in [0.25, 0.3) is 0 Å². The lowest BCUT2D eigenvalue weighted by Gasteiger charge is -2.27. The molecule has 0 radical (unpaired) electrons. The summed E-state index contributed by atoms with van der Waals surface area (Å²) in [5.41, 5.74) is 2.65. The van der Waals surface area contributed by atoms with Crippen LogP contribution in [0.1, 0.15) is 24.1 Å². The summed E-state index contributed by atoms with van der Waals surface area (Å²) in [4.78, 5) is 0. The highest BCUT2D eigenvalue weighted by Gasteiger charge is 2.19. The number of methoxy groups -OCH3 is 1. The van der Waals surface area contributed by atoms with Gasteiger partial charge in [-0.3, -0.25) is 0 Å². The molecule has 0 spiro atoms. The van der Waals surface area contributed by atoms with Gasteiger partial charge in [0.15, 0.2) is 0 Å². The molecule has 0 saturated heterocycles. The van der Waals surface area contributed by atoms with Crippen molar-refractivity contribution in [2.45, 2.75) is 25.7 Å². The number of ether oxygens (including phenoxy) is 2. The first-order chi connectivity index (χ1) is 7.81. The molecule has 0 fully saturated rings. The Labute approximate surface area is 96.8 Å². The summed E-state index contributed by atoms with van der Waals surface area (Å²) in [6.45, 7) is 4.38. The van der Waals surface area contributed by atoms with E-state index in [9.17, 15) is 0 Å². The van der Waals surface area contributed by atoms with Crippen LogP contribution < -0.4 is 5.32 Å². The van der Waals surface area contributed by atoms with Crippen molar-refractivity contribution in [3.63, 3.8) is 0 Å². The van der Waals surface area contributed by atoms with Gasteiger partial charge in [-0.1, -0.05) is 24.3 Å². The second-order valence-corrected chi connectivity index (χ2v) is 4.22. The van der Waals surface area contributed by atoms with Crippen LogP contribution in [0.4, 0.5) is 0 Å². The predicted molar refractivity (Wildman–Crippen MR) is 63.3 cm³/mol. The van der Waals surface area contributed by atoms with E-state index in [1.807, 2.05) is 0 Å². The fourth-order valence-corrected chi connectivity index (χ4v) is 1.94. The highest BCUT2D eigenvalue weighted by molar-refractivity contribution is 5.31. The third kappa shape index (κ3) is 2.61. The largest absolute Gasteiger partial charge is 0.380 e. The Kier molecular flexibility index (Phi) is 3.93. The molecule has 0 aromatic heterocycles. The molecule has 88 valence electrons. The molecule has 1 N–H and O–H groups in total. The highest BCUT2D eigenvalue weighted by atomic mass is 16.5.